The second kappa shape index (κ2) is 7.34. The van der Waals surface area contributed by atoms with Crippen LogP contribution in [0, 0.1) is 0 Å². The Balaban J connectivity index is 2.21. The molecular weight excluding hydrogens is 350 g/mol. The van der Waals surface area contributed by atoms with E-state index in [4.69, 9.17) is 18.9 Å². The summed E-state index contributed by atoms with van der Waals surface area (Å²) in [7, 11) is 1.31. The molecule has 0 saturated carbocycles. The Kier molecular flexibility index (Phi) is 5.12. The molecule has 0 aromatic heterocycles. The molecule has 7 nitrogen and oxygen atoms in total. The first-order chi connectivity index (χ1) is 12.8. The van der Waals surface area contributed by atoms with Crippen molar-refractivity contribution in [3.05, 3.63) is 46.3 Å². The predicted octanol–water partition coefficient (Wildman–Crippen LogP) is 2.77. The summed E-state index contributed by atoms with van der Waals surface area (Å²) in [4.78, 5) is 25.5. The smallest absolute Gasteiger partial charge is 0.337 e. The highest BCUT2D eigenvalue weighted by Crippen LogP contribution is 2.47. The van der Waals surface area contributed by atoms with E-state index in [9.17, 15) is 9.59 Å². The number of rotatable bonds is 4. The standard InChI is InChI=1S/C20H23NO6/c1-10(2)27-20(23)16-12(4)21-11(3)15(19(22)24-5)17(16)13-7-6-8-14-18(13)26-9-25-14/h6-8,10,17,21H,9H2,1-5H3. The first-order valence-electron chi connectivity index (χ1n) is 8.71. The average molecular weight is 373 g/mol. The van der Waals surface area contributed by atoms with Crippen molar-refractivity contribution in [3.8, 4) is 11.5 Å². The fraction of sp³-hybridized carbons (Fsp3) is 0.400. The van der Waals surface area contributed by atoms with E-state index in [-0.39, 0.29) is 12.9 Å². The van der Waals surface area contributed by atoms with Crippen molar-refractivity contribution in [2.24, 2.45) is 0 Å². The van der Waals surface area contributed by atoms with Crippen molar-refractivity contribution < 1.29 is 28.5 Å². The molecule has 2 aliphatic heterocycles. The Bertz CT molecular complexity index is 852. The normalized spacial score (nSPS) is 18.5. The van der Waals surface area contributed by atoms with Crippen LogP contribution >= 0.6 is 0 Å². The highest BCUT2D eigenvalue weighted by atomic mass is 16.7. The molecule has 144 valence electrons. The highest BCUT2D eigenvalue weighted by Gasteiger charge is 2.40. The first kappa shape index (κ1) is 18.8. The van der Waals surface area contributed by atoms with Gasteiger partial charge in [-0.25, -0.2) is 9.59 Å². The number of hydrogen-bond acceptors (Lipinski definition) is 7. The average Bonchev–Trinajstić information content (AvgIpc) is 3.08. The number of hydrogen-bond donors (Lipinski definition) is 1. The molecule has 0 spiro atoms. The third kappa shape index (κ3) is 3.37. The Morgan fingerprint density at radius 1 is 1.11 bits per heavy atom. The van der Waals surface area contributed by atoms with Crippen LogP contribution in [-0.4, -0.2) is 31.9 Å². The molecule has 1 unspecified atom stereocenters. The number of fused-ring (bicyclic) bond motifs is 1. The van der Waals surface area contributed by atoms with E-state index < -0.39 is 17.9 Å². The maximum Gasteiger partial charge on any atom is 0.337 e. The molecule has 3 rings (SSSR count). The van der Waals surface area contributed by atoms with Crippen LogP contribution in [0.1, 0.15) is 39.2 Å². The Morgan fingerprint density at radius 3 is 2.41 bits per heavy atom. The van der Waals surface area contributed by atoms with Gasteiger partial charge in [-0.1, -0.05) is 12.1 Å². The second-order valence-corrected chi connectivity index (χ2v) is 6.66. The largest absolute Gasteiger partial charge is 0.466 e. The summed E-state index contributed by atoms with van der Waals surface area (Å²) in [5.41, 5.74) is 2.57. The molecule has 27 heavy (non-hydrogen) atoms. The zero-order chi connectivity index (χ0) is 19.7. The van der Waals surface area contributed by atoms with Gasteiger partial charge in [-0.05, 0) is 33.8 Å². The van der Waals surface area contributed by atoms with Crippen LogP contribution in [0.4, 0.5) is 0 Å². The lowest BCUT2D eigenvalue weighted by Crippen LogP contribution is -2.33. The van der Waals surface area contributed by atoms with Gasteiger partial charge in [-0.2, -0.15) is 0 Å². The number of dihydropyridines is 1. The predicted molar refractivity (Wildman–Crippen MR) is 97.1 cm³/mol. The van der Waals surface area contributed by atoms with Gasteiger partial charge in [0.1, 0.15) is 0 Å². The van der Waals surface area contributed by atoms with E-state index in [0.29, 0.717) is 39.6 Å². The summed E-state index contributed by atoms with van der Waals surface area (Å²) in [6.07, 6.45) is -0.298. The molecule has 7 heteroatoms. The highest BCUT2D eigenvalue weighted by molar-refractivity contribution is 6.00. The van der Waals surface area contributed by atoms with Crippen molar-refractivity contribution in [1.82, 2.24) is 5.32 Å². The summed E-state index contributed by atoms with van der Waals surface area (Å²) in [5.74, 6) is -0.626. The van der Waals surface area contributed by atoms with Gasteiger partial charge in [0.25, 0.3) is 0 Å². The minimum Gasteiger partial charge on any atom is -0.466 e. The molecular formula is C20H23NO6. The summed E-state index contributed by atoms with van der Waals surface area (Å²) in [6, 6.07) is 5.40. The molecule has 0 aliphatic carbocycles. The molecule has 1 aromatic carbocycles. The summed E-state index contributed by atoms with van der Waals surface area (Å²) in [5, 5.41) is 3.10. The van der Waals surface area contributed by atoms with Crippen molar-refractivity contribution >= 4 is 11.9 Å². The molecule has 2 aliphatic rings. The van der Waals surface area contributed by atoms with Crippen molar-refractivity contribution in [2.75, 3.05) is 13.9 Å². The number of ether oxygens (including phenoxy) is 4. The van der Waals surface area contributed by atoms with Crippen LogP contribution in [-0.2, 0) is 19.1 Å². The van der Waals surface area contributed by atoms with E-state index >= 15 is 0 Å². The number of nitrogens with one attached hydrogen (secondary N) is 1. The molecule has 0 radical (unpaired) electrons. The van der Waals surface area contributed by atoms with Gasteiger partial charge in [0.05, 0.1) is 30.3 Å². The topological polar surface area (TPSA) is 83.1 Å². The summed E-state index contributed by atoms with van der Waals surface area (Å²) < 4.78 is 21.5. The molecule has 0 amide bonds. The van der Waals surface area contributed by atoms with E-state index in [0.717, 1.165) is 0 Å². The van der Waals surface area contributed by atoms with Crippen LogP contribution < -0.4 is 14.8 Å². The zero-order valence-electron chi connectivity index (χ0n) is 16.0. The Morgan fingerprint density at radius 2 is 1.78 bits per heavy atom. The van der Waals surface area contributed by atoms with E-state index in [1.807, 2.05) is 6.07 Å². The van der Waals surface area contributed by atoms with Gasteiger partial charge in [0, 0.05) is 17.0 Å². The Labute approximate surface area is 157 Å². The quantitative estimate of drug-likeness (QED) is 0.813. The van der Waals surface area contributed by atoms with Crippen molar-refractivity contribution in [3.63, 3.8) is 0 Å². The molecule has 0 bridgehead atoms. The fourth-order valence-electron chi connectivity index (χ4n) is 3.41. The maximum atomic E-state index is 12.9. The number of methoxy groups -OCH3 is 1. The number of esters is 2. The Hall–Kier alpha value is -2.96. The molecule has 1 atom stereocenters. The van der Waals surface area contributed by atoms with Crippen LogP contribution in [0.25, 0.3) is 0 Å². The van der Waals surface area contributed by atoms with Gasteiger partial charge in [0.2, 0.25) is 6.79 Å². The zero-order valence-corrected chi connectivity index (χ0v) is 16.0. The lowest BCUT2D eigenvalue weighted by molar-refractivity contribution is -0.143. The minimum absolute atomic E-state index is 0.0854. The number of carbonyl (C=O) groups excluding carboxylic acids is 2. The number of carbonyl (C=O) groups is 2. The lowest BCUT2D eigenvalue weighted by Gasteiger charge is -2.31. The maximum absolute atomic E-state index is 12.9. The monoisotopic (exact) mass is 373 g/mol. The number of para-hydroxylation sites is 1. The summed E-state index contributed by atoms with van der Waals surface area (Å²) in [6.45, 7) is 7.19. The van der Waals surface area contributed by atoms with Crippen LogP contribution in [0.5, 0.6) is 11.5 Å². The van der Waals surface area contributed by atoms with Gasteiger partial charge in [-0.3, -0.25) is 0 Å². The molecule has 0 fully saturated rings. The minimum atomic E-state index is -0.693. The van der Waals surface area contributed by atoms with Crippen LogP contribution in [0.2, 0.25) is 0 Å². The van der Waals surface area contributed by atoms with Gasteiger partial charge in [0.15, 0.2) is 11.5 Å². The van der Waals surface area contributed by atoms with E-state index in [1.54, 1.807) is 39.8 Å². The van der Waals surface area contributed by atoms with Gasteiger partial charge in [-0.15, -0.1) is 0 Å². The fourth-order valence-corrected chi connectivity index (χ4v) is 3.41. The lowest BCUT2D eigenvalue weighted by atomic mass is 9.80. The second-order valence-electron chi connectivity index (χ2n) is 6.66. The third-order valence-corrected chi connectivity index (χ3v) is 4.47. The van der Waals surface area contributed by atoms with Gasteiger partial charge >= 0.3 is 11.9 Å². The first-order valence-corrected chi connectivity index (χ1v) is 8.71. The van der Waals surface area contributed by atoms with E-state index in [1.165, 1.54) is 7.11 Å². The van der Waals surface area contributed by atoms with Crippen LogP contribution in [0.3, 0.4) is 0 Å². The summed E-state index contributed by atoms with van der Waals surface area (Å²) >= 11 is 0. The van der Waals surface area contributed by atoms with Crippen LogP contribution in [0.15, 0.2) is 40.7 Å². The van der Waals surface area contributed by atoms with E-state index in [2.05, 4.69) is 5.32 Å². The molecule has 0 saturated heterocycles. The molecule has 1 aromatic rings. The SMILES string of the molecule is COC(=O)C1=C(C)NC(C)=C(C(=O)OC(C)C)C1c1cccc2c1OCO2. The van der Waals surface area contributed by atoms with Crippen molar-refractivity contribution in [2.45, 2.75) is 39.7 Å². The molecule has 1 N–H and O–H groups in total. The third-order valence-electron chi connectivity index (χ3n) is 4.47. The van der Waals surface area contributed by atoms with Gasteiger partial charge < -0.3 is 24.3 Å². The molecule has 2 heterocycles. The number of allylic oxidation sites excluding steroid dienone is 2. The number of benzene rings is 1. The van der Waals surface area contributed by atoms with Crippen molar-refractivity contribution in [1.29, 1.82) is 0 Å².